The quantitative estimate of drug-likeness (QED) is 0.358. The van der Waals surface area contributed by atoms with Crippen LogP contribution in [0.15, 0.2) is 47.6 Å². The number of nitrogens with zero attached hydrogens (tertiary/aromatic N) is 1. The minimum atomic E-state index is -0.889. The number of likely N-dealkylation sites (N-methyl/N-ethyl adjacent to an activating group) is 1. The molecule has 10 heteroatoms. The summed E-state index contributed by atoms with van der Waals surface area (Å²) in [6.07, 6.45) is 1.33. The second-order valence-electron chi connectivity index (χ2n) is 5.51. The Kier molecular flexibility index (Phi) is 7.99. The number of amides is 3. The third-order valence-corrected chi connectivity index (χ3v) is 3.84. The van der Waals surface area contributed by atoms with E-state index in [4.69, 9.17) is 21.1 Å². The fourth-order valence-electron chi connectivity index (χ4n) is 2.11. The third kappa shape index (κ3) is 6.51. The summed E-state index contributed by atoms with van der Waals surface area (Å²) in [6.45, 7) is -0.253. The van der Waals surface area contributed by atoms with E-state index in [2.05, 4.69) is 21.2 Å². The van der Waals surface area contributed by atoms with Gasteiger partial charge in [0.2, 0.25) is 0 Å². The number of ether oxygens (including phenoxy) is 2. The SMILES string of the molecule is CNC(=O)C(=O)N/N=C\c1ccc(OCC(=O)Nc2ccccc2Cl)c(OC)c1. The van der Waals surface area contributed by atoms with Crippen LogP contribution >= 0.6 is 11.6 Å². The van der Waals surface area contributed by atoms with Gasteiger partial charge < -0.3 is 20.1 Å². The molecule has 0 unspecified atom stereocenters. The number of hydrogen-bond donors (Lipinski definition) is 3. The van der Waals surface area contributed by atoms with Gasteiger partial charge in [-0.15, -0.1) is 0 Å². The highest BCUT2D eigenvalue weighted by Crippen LogP contribution is 2.27. The summed E-state index contributed by atoms with van der Waals surface area (Å²) in [6, 6.07) is 11.7. The summed E-state index contributed by atoms with van der Waals surface area (Å²) in [5, 5.41) is 8.94. The van der Waals surface area contributed by atoms with Gasteiger partial charge in [0.15, 0.2) is 18.1 Å². The van der Waals surface area contributed by atoms with Crippen LogP contribution in [0.4, 0.5) is 5.69 Å². The molecule has 3 amide bonds. The van der Waals surface area contributed by atoms with Crippen LogP contribution in [0.3, 0.4) is 0 Å². The van der Waals surface area contributed by atoms with Crippen LogP contribution in [0.2, 0.25) is 5.02 Å². The number of hydrogen-bond acceptors (Lipinski definition) is 6. The van der Waals surface area contributed by atoms with E-state index in [-0.39, 0.29) is 12.5 Å². The second-order valence-corrected chi connectivity index (χ2v) is 5.91. The molecule has 0 aliphatic carbocycles. The number of hydrazone groups is 1. The Morgan fingerprint density at radius 3 is 2.55 bits per heavy atom. The molecule has 0 spiro atoms. The standard InChI is InChI=1S/C19H19ClN4O5/c1-21-18(26)19(27)24-22-10-12-7-8-15(16(9-12)28-2)29-11-17(25)23-14-6-4-3-5-13(14)20/h3-10H,11H2,1-2H3,(H,21,26)(H,23,25)(H,24,27)/b22-10-. The highest BCUT2D eigenvalue weighted by atomic mass is 35.5. The van der Waals surface area contributed by atoms with Gasteiger partial charge in [0.25, 0.3) is 5.91 Å². The molecule has 0 aliphatic rings. The Bertz CT molecular complexity index is 933. The highest BCUT2D eigenvalue weighted by molar-refractivity contribution is 6.35. The van der Waals surface area contributed by atoms with Gasteiger partial charge >= 0.3 is 11.8 Å². The molecule has 0 aromatic heterocycles. The van der Waals surface area contributed by atoms with Crippen molar-refractivity contribution in [3.05, 3.63) is 53.1 Å². The zero-order chi connectivity index (χ0) is 21.2. The van der Waals surface area contributed by atoms with Gasteiger partial charge in [-0.3, -0.25) is 14.4 Å². The summed E-state index contributed by atoms with van der Waals surface area (Å²) in [4.78, 5) is 34.5. The maximum Gasteiger partial charge on any atom is 0.329 e. The minimum Gasteiger partial charge on any atom is -0.493 e. The Morgan fingerprint density at radius 2 is 1.86 bits per heavy atom. The van der Waals surface area contributed by atoms with Crippen molar-refractivity contribution < 1.29 is 23.9 Å². The summed E-state index contributed by atoms with van der Waals surface area (Å²) < 4.78 is 10.7. The van der Waals surface area contributed by atoms with Crippen LogP contribution in [0, 0.1) is 0 Å². The zero-order valence-corrected chi connectivity index (χ0v) is 16.4. The monoisotopic (exact) mass is 418 g/mol. The topological polar surface area (TPSA) is 118 Å². The molecular weight excluding hydrogens is 400 g/mol. The number of carbonyl (C=O) groups is 3. The molecule has 2 aromatic rings. The van der Waals surface area contributed by atoms with Gasteiger partial charge in [-0.2, -0.15) is 5.10 Å². The first-order valence-electron chi connectivity index (χ1n) is 8.35. The molecule has 9 nitrogen and oxygen atoms in total. The number of para-hydroxylation sites is 1. The molecule has 0 bridgehead atoms. The molecule has 0 atom stereocenters. The van der Waals surface area contributed by atoms with Crippen LogP contribution in [0.25, 0.3) is 0 Å². The van der Waals surface area contributed by atoms with E-state index in [1.165, 1.54) is 20.4 Å². The van der Waals surface area contributed by atoms with Gasteiger partial charge in [0.05, 0.1) is 24.0 Å². The van der Waals surface area contributed by atoms with Gasteiger partial charge in [0, 0.05) is 7.05 Å². The average molecular weight is 419 g/mol. The molecule has 0 saturated heterocycles. The van der Waals surface area contributed by atoms with Crippen molar-refractivity contribution in [1.29, 1.82) is 0 Å². The largest absolute Gasteiger partial charge is 0.493 e. The fourth-order valence-corrected chi connectivity index (χ4v) is 2.29. The first-order chi connectivity index (χ1) is 13.9. The lowest BCUT2D eigenvalue weighted by molar-refractivity contribution is -0.138. The lowest BCUT2D eigenvalue weighted by Gasteiger charge is -2.12. The first-order valence-corrected chi connectivity index (χ1v) is 8.72. The Balaban J connectivity index is 1.96. The molecule has 0 aliphatic heterocycles. The predicted octanol–water partition coefficient (Wildman–Crippen LogP) is 1.56. The van der Waals surface area contributed by atoms with Gasteiger partial charge in [0.1, 0.15) is 0 Å². The van der Waals surface area contributed by atoms with Crippen molar-refractivity contribution in [2.24, 2.45) is 5.10 Å². The number of carbonyl (C=O) groups excluding carboxylic acids is 3. The Hall–Kier alpha value is -3.59. The number of methoxy groups -OCH3 is 1. The summed E-state index contributed by atoms with van der Waals surface area (Å²) >= 11 is 6.00. The van der Waals surface area contributed by atoms with E-state index in [0.29, 0.717) is 27.8 Å². The Labute approximate surface area is 172 Å². The summed E-state index contributed by atoms with van der Waals surface area (Å²) in [5.74, 6) is -1.38. The van der Waals surface area contributed by atoms with E-state index in [1.54, 1.807) is 42.5 Å². The zero-order valence-electron chi connectivity index (χ0n) is 15.7. The van der Waals surface area contributed by atoms with Crippen LogP contribution in [0.1, 0.15) is 5.56 Å². The third-order valence-electron chi connectivity index (χ3n) is 3.51. The van der Waals surface area contributed by atoms with E-state index in [1.807, 2.05) is 0 Å². The highest BCUT2D eigenvalue weighted by Gasteiger charge is 2.11. The molecule has 2 rings (SSSR count). The van der Waals surface area contributed by atoms with Crippen molar-refractivity contribution in [2.45, 2.75) is 0 Å². The summed E-state index contributed by atoms with van der Waals surface area (Å²) in [5.41, 5.74) is 3.15. The van der Waals surface area contributed by atoms with Crippen LogP contribution in [-0.2, 0) is 14.4 Å². The number of nitrogens with one attached hydrogen (secondary N) is 3. The summed E-state index contributed by atoms with van der Waals surface area (Å²) in [7, 11) is 2.78. The molecule has 0 fully saturated rings. The lowest BCUT2D eigenvalue weighted by Crippen LogP contribution is -2.35. The molecule has 152 valence electrons. The van der Waals surface area contributed by atoms with E-state index >= 15 is 0 Å². The van der Waals surface area contributed by atoms with Gasteiger partial charge in [-0.05, 0) is 35.9 Å². The normalized spacial score (nSPS) is 10.3. The fraction of sp³-hybridized carbons (Fsp3) is 0.158. The Morgan fingerprint density at radius 1 is 1.10 bits per heavy atom. The average Bonchev–Trinajstić information content (AvgIpc) is 2.73. The number of anilines is 1. The second kappa shape index (κ2) is 10.7. The molecule has 29 heavy (non-hydrogen) atoms. The molecule has 0 heterocycles. The van der Waals surface area contributed by atoms with E-state index in [9.17, 15) is 14.4 Å². The predicted molar refractivity (Wildman–Crippen MR) is 108 cm³/mol. The molecule has 3 N–H and O–H groups in total. The van der Waals surface area contributed by atoms with Gasteiger partial charge in [-0.1, -0.05) is 23.7 Å². The smallest absolute Gasteiger partial charge is 0.329 e. The van der Waals surface area contributed by atoms with Crippen molar-refractivity contribution in [3.63, 3.8) is 0 Å². The number of rotatable bonds is 7. The maximum atomic E-state index is 12.1. The van der Waals surface area contributed by atoms with E-state index in [0.717, 1.165) is 0 Å². The number of halogens is 1. The van der Waals surface area contributed by atoms with Crippen LogP contribution < -0.4 is 25.5 Å². The molecule has 0 radical (unpaired) electrons. The van der Waals surface area contributed by atoms with Gasteiger partial charge in [-0.25, -0.2) is 5.43 Å². The van der Waals surface area contributed by atoms with E-state index < -0.39 is 11.8 Å². The van der Waals surface area contributed by atoms with Crippen LogP contribution in [-0.4, -0.2) is 44.7 Å². The van der Waals surface area contributed by atoms with Crippen molar-refractivity contribution in [1.82, 2.24) is 10.7 Å². The molecular formula is C19H19ClN4O5. The molecule has 0 saturated carbocycles. The van der Waals surface area contributed by atoms with Crippen LogP contribution in [0.5, 0.6) is 11.5 Å². The maximum absolute atomic E-state index is 12.1. The van der Waals surface area contributed by atoms with Crippen molar-refractivity contribution in [3.8, 4) is 11.5 Å². The number of benzene rings is 2. The molecule has 2 aromatic carbocycles. The van der Waals surface area contributed by atoms with Crippen molar-refractivity contribution >= 4 is 41.2 Å². The van der Waals surface area contributed by atoms with Crippen molar-refractivity contribution in [2.75, 3.05) is 26.1 Å². The first kappa shape index (κ1) is 21.7. The minimum absolute atomic E-state index is 0.253. The lowest BCUT2D eigenvalue weighted by atomic mass is 10.2.